The van der Waals surface area contributed by atoms with E-state index in [1.807, 2.05) is 0 Å². The first-order valence-corrected chi connectivity index (χ1v) is 5.85. The molecule has 0 aromatic heterocycles. The van der Waals surface area contributed by atoms with Gasteiger partial charge in [0, 0.05) is 30.2 Å². The zero-order valence-corrected chi connectivity index (χ0v) is 10.3. The van der Waals surface area contributed by atoms with Crippen molar-refractivity contribution in [2.45, 2.75) is 12.5 Å². The lowest BCUT2D eigenvalue weighted by molar-refractivity contribution is -0.385. The van der Waals surface area contributed by atoms with Crippen molar-refractivity contribution in [1.29, 1.82) is 0 Å². The largest absolute Gasteiger partial charge is 0.337 e. The predicted octanol–water partition coefficient (Wildman–Crippen LogP) is 1.42. The van der Waals surface area contributed by atoms with Gasteiger partial charge in [-0.25, -0.2) is 0 Å². The van der Waals surface area contributed by atoms with Crippen LogP contribution in [-0.2, 0) is 0 Å². The first-order chi connectivity index (χ1) is 8.49. The number of benzene rings is 1. The summed E-state index contributed by atoms with van der Waals surface area (Å²) in [4.78, 5) is 24.0. The summed E-state index contributed by atoms with van der Waals surface area (Å²) in [7, 11) is 0. The quantitative estimate of drug-likeness (QED) is 0.649. The molecule has 1 aromatic carbocycles. The zero-order valence-electron chi connectivity index (χ0n) is 9.51. The molecular weight excluding hydrogens is 258 g/mol. The molecule has 2 N–H and O–H groups in total. The molecule has 1 amide bonds. The monoisotopic (exact) mass is 269 g/mol. The van der Waals surface area contributed by atoms with E-state index in [2.05, 4.69) is 0 Å². The van der Waals surface area contributed by atoms with E-state index >= 15 is 0 Å². The Bertz CT molecular complexity index is 506. The van der Waals surface area contributed by atoms with Gasteiger partial charge in [-0.15, -0.1) is 0 Å². The third-order valence-corrected chi connectivity index (χ3v) is 3.13. The second-order valence-electron chi connectivity index (χ2n) is 4.22. The van der Waals surface area contributed by atoms with Crippen LogP contribution >= 0.6 is 11.6 Å². The normalized spacial score (nSPS) is 19.0. The van der Waals surface area contributed by atoms with Crippen molar-refractivity contribution in [3.05, 3.63) is 38.9 Å². The highest BCUT2D eigenvalue weighted by Gasteiger charge is 2.29. The van der Waals surface area contributed by atoms with Crippen LogP contribution in [0.25, 0.3) is 0 Å². The topological polar surface area (TPSA) is 89.5 Å². The van der Waals surface area contributed by atoms with Gasteiger partial charge in [-0.2, -0.15) is 0 Å². The number of halogens is 1. The Balaban J connectivity index is 2.34. The number of hydrogen-bond acceptors (Lipinski definition) is 4. The van der Waals surface area contributed by atoms with Crippen molar-refractivity contribution in [2.24, 2.45) is 5.73 Å². The van der Waals surface area contributed by atoms with Crippen molar-refractivity contribution in [3.63, 3.8) is 0 Å². The number of nitro benzene ring substituents is 1. The molecule has 1 saturated heterocycles. The summed E-state index contributed by atoms with van der Waals surface area (Å²) in [5, 5.41) is 11.2. The molecule has 0 saturated carbocycles. The molecule has 1 aromatic rings. The first kappa shape index (κ1) is 12.8. The van der Waals surface area contributed by atoms with Gasteiger partial charge >= 0.3 is 0 Å². The molecule has 1 fully saturated rings. The fraction of sp³-hybridized carbons (Fsp3) is 0.364. The predicted molar refractivity (Wildman–Crippen MR) is 66.6 cm³/mol. The lowest BCUT2D eigenvalue weighted by Gasteiger charge is -2.15. The number of rotatable bonds is 2. The van der Waals surface area contributed by atoms with Gasteiger partial charge in [0.25, 0.3) is 11.6 Å². The van der Waals surface area contributed by atoms with Crippen molar-refractivity contribution < 1.29 is 9.72 Å². The molecule has 1 unspecified atom stereocenters. The highest BCUT2D eigenvalue weighted by molar-refractivity contribution is 6.31. The Kier molecular flexibility index (Phi) is 3.49. The van der Waals surface area contributed by atoms with Gasteiger partial charge in [0.1, 0.15) is 5.56 Å². The smallest absolute Gasteiger partial charge is 0.282 e. The summed E-state index contributed by atoms with van der Waals surface area (Å²) < 4.78 is 0. The van der Waals surface area contributed by atoms with Gasteiger partial charge in [0.15, 0.2) is 0 Å². The number of carbonyl (C=O) groups is 1. The van der Waals surface area contributed by atoms with Crippen molar-refractivity contribution >= 4 is 23.2 Å². The molecule has 2 rings (SSSR count). The molecule has 18 heavy (non-hydrogen) atoms. The summed E-state index contributed by atoms with van der Waals surface area (Å²) in [6.07, 6.45) is 0.708. The molecule has 7 heteroatoms. The maximum Gasteiger partial charge on any atom is 0.282 e. The Morgan fingerprint density at radius 3 is 2.83 bits per heavy atom. The van der Waals surface area contributed by atoms with Crippen molar-refractivity contribution in [3.8, 4) is 0 Å². The van der Waals surface area contributed by atoms with Gasteiger partial charge in [0.05, 0.1) is 4.92 Å². The second kappa shape index (κ2) is 4.91. The molecule has 0 spiro atoms. The number of nitrogens with zero attached hydrogens (tertiary/aromatic N) is 2. The third-order valence-electron chi connectivity index (χ3n) is 2.90. The molecule has 96 valence electrons. The fourth-order valence-electron chi connectivity index (χ4n) is 1.98. The maximum absolute atomic E-state index is 12.2. The highest BCUT2D eigenvalue weighted by Crippen LogP contribution is 2.25. The first-order valence-electron chi connectivity index (χ1n) is 5.48. The Labute approximate surface area is 108 Å². The van der Waals surface area contributed by atoms with Crippen LogP contribution in [0.5, 0.6) is 0 Å². The Morgan fingerprint density at radius 2 is 2.28 bits per heavy atom. The minimum atomic E-state index is -0.584. The molecule has 1 aliphatic heterocycles. The number of carbonyl (C=O) groups excluding carboxylic acids is 1. The number of nitro groups is 1. The SMILES string of the molecule is NC1CCN(C(=O)c2cc(Cl)ccc2[N+](=O)[O-])C1. The molecular formula is C11H12ClN3O3. The van der Waals surface area contributed by atoms with E-state index in [0.29, 0.717) is 24.5 Å². The van der Waals surface area contributed by atoms with E-state index in [9.17, 15) is 14.9 Å². The molecule has 6 nitrogen and oxygen atoms in total. The highest BCUT2D eigenvalue weighted by atomic mass is 35.5. The van der Waals surface area contributed by atoms with Gasteiger partial charge in [-0.05, 0) is 18.6 Å². The molecule has 1 heterocycles. The summed E-state index contributed by atoms with van der Waals surface area (Å²) in [5.74, 6) is -0.392. The van der Waals surface area contributed by atoms with Crippen LogP contribution < -0.4 is 5.73 Å². The fourth-order valence-corrected chi connectivity index (χ4v) is 2.15. The number of nitrogens with two attached hydrogens (primary N) is 1. The maximum atomic E-state index is 12.2. The summed E-state index contributed by atoms with van der Waals surface area (Å²) in [6, 6.07) is 3.90. The summed E-state index contributed by atoms with van der Waals surface area (Å²) in [6.45, 7) is 0.937. The van der Waals surface area contributed by atoms with Crippen molar-refractivity contribution in [1.82, 2.24) is 4.90 Å². The van der Waals surface area contributed by atoms with Crippen molar-refractivity contribution in [2.75, 3.05) is 13.1 Å². The van der Waals surface area contributed by atoms with Crippen LogP contribution in [0, 0.1) is 10.1 Å². The van der Waals surface area contributed by atoms with E-state index in [-0.39, 0.29) is 17.3 Å². The Morgan fingerprint density at radius 1 is 1.56 bits per heavy atom. The van der Waals surface area contributed by atoms with E-state index in [1.54, 1.807) is 0 Å². The van der Waals surface area contributed by atoms with Gasteiger partial charge < -0.3 is 10.6 Å². The van der Waals surface area contributed by atoms with E-state index < -0.39 is 10.8 Å². The number of hydrogen-bond donors (Lipinski definition) is 1. The minimum Gasteiger partial charge on any atom is -0.337 e. The van der Waals surface area contributed by atoms with E-state index in [1.165, 1.54) is 23.1 Å². The lowest BCUT2D eigenvalue weighted by Crippen LogP contribution is -2.32. The standard InChI is InChI=1S/C11H12ClN3O3/c12-7-1-2-10(15(17)18)9(5-7)11(16)14-4-3-8(13)6-14/h1-2,5,8H,3-4,6,13H2. The molecule has 0 bridgehead atoms. The van der Waals surface area contributed by atoms with Crippen LogP contribution in [-0.4, -0.2) is 34.9 Å². The zero-order chi connectivity index (χ0) is 13.3. The Hall–Kier alpha value is -1.66. The van der Waals surface area contributed by atoms with E-state index in [4.69, 9.17) is 17.3 Å². The molecule has 0 aliphatic carbocycles. The average molecular weight is 270 g/mol. The summed E-state index contributed by atoms with van der Waals surface area (Å²) >= 11 is 5.78. The molecule has 0 radical (unpaired) electrons. The summed E-state index contributed by atoms with van der Waals surface area (Å²) in [5.41, 5.74) is 5.50. The number of likely N-dealkylation sites (tertiary alicyclic amines) is 1. The van der Waals surface area contributed by atoms with Crippen LogP contribution in [0.1, 0.15) is 16.8 Å². The van der Waals surface area contributed by atoms with Crippen LogP contribution in [0.3, 0.4) is 0 Å². The second-order valence-corrected chi connectivity index (χ2v) is 4.65. The molecule has 1 aliphatic rings. The van der Waals surface area contributed by atoms with Crippen LogP contribution in [0.4, 0.5) is 5.69 Å². The molecule has 1 atom stereocenters. The van der Waals surface area contributed by atoms with Crippen LogP contribution in [0.2, 0.25) is 5.02 Å². The minimum absolute atomic E-state index is 0.0154. The lowest BCUT2D eigenvalue weighted by atomic mass is 10.1. The number of amides is 1. The van der Waals surface area contributed by atoms with Crippen LogP contribution in [0.15, 0.2) is 18.2 Å². The van der Waals surface area contributed by atoms with E-state index in [0.717, 1.165) is 0 Å². The third kappa shape index (κ3) is 2.44. The average Bonchev–Trinajstić information content (AvgIpc) is 2.74. The van der Waals surface area contributed by atoms with Gasteiger partial charge in [0.2, 0.25) is 0 Å². The van der Waals surface area contributed by atoms with Gasteiger partial charge in [-0.3, -0.25) is 14.9 Å². The van der Waals surface area contributed by atoms with Gasteiger partial charge in [-0.1, -0.05) is 11.6 Å².